The van der Waals surface area contributed by atoms with Crippen molar-refractivity contribution in [2.45, 2.75) is 31.9 Å². The van der Waals surface area contributed by atoms with E-state index in [0.717, 1.165) is 23.9 Å². The molecule has 1 aliphatic carbocycles. The minimum atomic E-state index is -0.187. The highest BCUT2D eigenvalue weighted by molar-refractivity contribution is 9.10. The molecule has 0 aromatic heterocycles. The van der Waals surface area contributed by atoms with E-state index in [-0.39, 0.29) is 18.0 Å². The molecule has 1 fully saturated rings. The van der Waals surface area contributed by atoms with Crippen LogP contribution in [0, 0.1) is 11.7 Å². The molecule has 94 valence electrons. The van der Waals surface area contributed by atoms with E-state index < -0.39 is 0 Å². The van der Waals surface area contributed by atoms with Crippen LogP contribution in [0.25, 0.3) is 0 Å². The van der Waals surface area contributed by atoms with Gasteiger partial charge >= 0.3 is 0 Å². The van der Waals surface area contributed by atoms with E-state index >= 15 is 0 Å². The maximum atomic E-state index is 13.7. The summed E-state index contributed by atoms with van der Waals surface area (Å²) in [5.41, 5.74) is 0.688. The van der Waals surface area contributed by atoms with Crippen LogP contribution in [-0.2, 0) is 0 Å². The lowest BCUT2D eigenvalue weighted by Crippen LogP contribution is -2.37. The van der Waals surface area contributed by atoms with Crippen LogP contribution < -0.4 is 5.32 Å². The van der Waals surface area contributed by atoms with E-state index in [2.05, 4.69) is 21.2 Å². The molecule has 1 atom stereocenters. The molecule has 0 aliphatic heterocycles. The minimum absolute atomic E-state index is 0.000780. The lowest BCUT2D eigenvalue weighted by Gasteiger charge is -2.32. The predicted octanol–water partition coefficient (Wildman–Crippen LogP) is 3.01. The zero-order chi connectivity index (χ0) is 12.4. The Labute approximate surface area is 109 Å². The van der Waals surface area contributed by atoms with Crippen molar-refractivity contribution in [3.05, 3.63) is 34.1 Å². The average molecular weight is 302 g/mol. The maximum absolute atomic E-state index is 13.7. The van der Waals surface area contributed by atoms with Crippen LogP contribution in [0.1, 0.15) is 31.4 Å². The van der Waals surface area contributed by atoms with Crippen molar-refractivity contribution in [3.8, 4) is 0 Å². The molecule has 0 bridgehead atoms. The quantitative estimate of drug-likeness (QED) is 0.896. The Bertz CT molecular complexity index is 393. The Morgan fingerprint density at radius 1 is 1.53 bits per heavy atom. The monoisotopic (exact) mass is 301 g/mol. The number of hydrogen-bond acceptors (Lipinski definition) is 2. The second-order valence-electron chi connectivity index (χ2n) is 4.79. The summed E-state index contributed by atoms with van der Waals surface area (Å²) < 4.78 is 14.4. The van der Waals surface area contributed by atoms with Crippen LogP contribution in [0.5, 0.6) is 0 Å². The van der Waals surface area contributed by atoms with Crippen molar-refractivity contribution in [2.24, 2.45) is 5.92 Å². The van der Waals surface area contributed by atoms with E-state index in [1.54, 1.807) is 6.07 Å². The summed E-state index contributed by atoms with van der Waals surface area (Å²) in [6.45, 7) is 2.80. The van der Waals surface area contributed by atoms with Gasteiger partial charge in [-0.25, -0.2) is 4.39 Å². The fourth-order valence-electron chi connectivity index (χ4n) is 2.17. The van der Waals surface area contributed by atoms with Crippen LogP contribution in [0.3, 0.4) is 0 Å². The van der Waals surface area contributed by atoms with Gasteiger partial charge in [0.15, 0.2) is 0 Å². The van der Waals surface area contributed by atoms with Gasteiger partial charge in [0.2, 0.25) is 0 Å². The third-order valence-corrected chi connectivity index (χ3v) is 3.85. The summed E-state index contributed by atoms with van der Waals surface area (Å²) >= 11 is 3.25. The average Bonchev–Trinajstić information content (AvgIpc) is 2.22. The van der Waals surface area contributed by atoms with Crippen molar-refractivity contribution >= 4 is 15.9 Å². The van der Waals surface area contributed by atoms with Gasteiger partial charge in [0.05, 0.1) is 6.10 Å². The van der Waals surface area contributed by atoms with Crippen molar-refractivity contribution in [1.29, 1.82) is 0 Å². The molecule has 0 amide bonds. The van der Waals surface area contributed by atoms with Gasteiger partial charge in [0.1, 0.15) is 5.82 Å². The van der Waals surface area contributed by atoms with Gasteiger partial charge in [-0.05, 0) is 44.4 Å². The third kappa shape index (κ3) is 3.27. The van der Waals surface area contributed by atoms with Crippen LogP contribution in [0.15, 0.2) is 22.7 Å². The van der Waals surface area contributed by atoms with E-state index in [1.165, 1.54) is 6.07 Å². The Hall–Kier alpha value is -0.450. The Balaban J connectivity index is 1.88. The van der Waals surface area contributed by atoms with Crippen molar-refractivity contribution in [3.63, 3.8) is 0 Å². The number of aliphatic hydroxyl groups excluding tert-OH is 1. The van der Waals surface area contributed by atoms with E-state index in [1.807, 2.05) is 13.0 Å². The van der Waals surface area contributed by atoms with Crippen molar-refractivity contribution < 1.29 is 9.50 Å². The van der Waals surface area contributed by atoms with Gasteiger partial charge < -0.3 is 10.4 Å². The van der Waals surface area contributed by atoms with Gasteiger partial charge in [-0.15, -0.1) is 0 Å². The topological polar surface area (TPSA) is 32.3 Å². The first-order valence-corrected chi connectivity index (χ1v) is 6.72. The molecular formula is C13H17BrFNO. The molecule has 4 heteroatoms. The first-order chi connectivity index (χ1) is 8.06. The zero-order valence-corrected chi connectivity index (χ0v) is 11.4. The number of hydrogen-bond donors (Lipinski definition) is 2. The normalized spacial score (nSPS) is 25.4. The second-order valence-corrected chi connectivity index (χ2v) is 5.70. The summed E-state index contributed by atoms with van der Waals surface area (Å²) in [5, 5.41) is 12.5. The standard InChI is InChI=1S/C13H17BrFNO/c1-8(16-7-9-4-11(17)5-9)12-3-2-10(14)6-13(12)15/h2-3,6,8-9,11,16-17H,4-5,7H2,1H3. The molecule has 1 aromatic rings. The summed E-state index contributed by atoms with van der Waals surface area (Å²) in [6, 6.07) is 5.14. The first-order valence-electron chi connectivity index (χ1n) is 5.92. The third-order valence-electron chi connectivity index (χ3n) is 3.35. The molecule has 0 saturated heterocycles. The highest BCUT2D eigenvalue weighted by Crippen LogP contribution is 2.27. The fourth-order valence-corrected chi connectivity index (χ4v) is 2.51. The number of rotatable bonds is 4. The lowest BCUT2D eigenvalue weighted by atomic mass is 9.82. The molecular weight excluding hydrogens is 285 g/mol. The smallest absolute Gasteiger partial charge is 0.129 e. The molecule has 1 saturated carbocycles. The molecule has 0 spiro atoms. The van der Waals surface area contributed by atoms with Gasteiger partial charge in [-0.1, -0.05) is 22.0 Å². The largest absolute Gasteiger partial charge is 0.393 e. The van der Waals surface area contributed by atoms with Crippen molar-refractivity contribution in [1.82, 2.24) is 5.32 Å². The van der Waals surface area contributed by atoms with E-state index in [4.69, 9.17) is 0 Å². The minimum Gasteiger partial charge on any atom is -0.393 e. The van der Waals surface area contributed by atoms with Gasteiger partial charge in [0.25, 0.3) is 0 Å². The second kappa shape index (κ2) is 5.46. The fraction of sp³-hybridized carbons (Fsp3) is 0.538. The molecule has 2 nitrogen and oxygen atoms in total. The predicted molar refractivity (Wildman–Crippen MR) is 69.2 cm³/mol. The SMILES string of the molecule is CC(NCC1CC(O)C1)c1ccc(Br)cc1F. The van der Waals surface area contributed by atoms with Crippen LogP contribution in [-0.4, -0.2) is 17.8 Å². The first kappa shape index (κ1) is 13.0. The van der Waals surface area contributed by atoms with Gasteiger partial charge in [0, 0.05) is 16.1 Å². The molecule has 0 radical (unpaired) electrons. The summed E-state index contributed by atoms with van der Waals surface area (Å²) in [6.07, 6.45) is 1.60. The lowest BCUT2D eigenvalue weighted by molar-refractivity contribution is 0.0420. The van der Waals surface area contributed by atoms with E-state index in [9.17, 15) is 9.50 Å². The molecule has 17 heavy (non-hydrogen) atoms. The molecule has 1 unspecified atom stereocenters. The number of halogens is 2. The van der Waals surface area contributed by atoms with Crippen molar-refractivity contribution in [2.75, 3.05) is 6.54 Å². The summed E-state index contributed by atoms with van der Waals surface area (Å²) in [7, 11) is 0. The number of aliphatic hydroxyl groups is 1. The molecule has 0 heterocycles. The Morgan fingerprint density at radius 3 is 2.82 bits per heavy atom. The zero-order valence-electron chi connectivity index (χ0n) is 9.79. The van der Waals surface area contributed by atoms with E-state index in [0.29, 0.717) is 11.5 Å². The van der Waals surface area contributed by atoms with Gasteiger partial charge in [-0.2, -0.15) is 0 Å². The summed E-state index contributed by atoms with van der Waals surface area (Å²) in [5.74, 6) is 0.346. The summed E-state index contributed by atoms with van der Waals surface area (Å²) in [4.78, 5) is 0. The Kier molecular flexibility index (Phi) is 4.17. The number of benzene rings is 1. The molecule has 2 rings (SSSR count). The highest BCUT2D eigenvalue weighted by atomic mass is 79.9. The van der Waals surface area contributed by atoms with Crippen LogP contribution >= 0.6 is 15.9 Å². The molecule has 2 N–H and O–H groups in total. The van der Waals surface area contributed by atoms with Crippen LogP contribution in [0.4, 0.5) is 4.39 Å². The van der Waals surface area contributed by atoms with Crippen LogP contribution in [0.2, 0.25) is 0 Å². The maximum Gasteiger partial charge on any atom is 0.129 e. The molecule has 1 aliphatic rings. The Morgan fingerprint density at radius 2 is 2.24 bits per heavy atom. The van der Waals surface area contributed by atoms with Gasteiger partial charge in [-0.3, -0.25) is 0 Å². The number of nitrogens with one attached hydrogen (secondary N) is 1. The highest BCUT2D eigenvalue weighted by Gasteiger charge is 2.27. The molecule has 1 aromatic carbocycles.